The minimum atomic E-state index is 0.0860. The zero-order chi connectivity index (χ0) is 21.1. The number of aryl methyl sites for hydroxylation is 1. The normalized spacial score (nSPS) is 12.4. The number of aromatic nitrogens is 3. The Bertz CT molecular complexity index is 861. The van der Waals surface area contributed by atoms with Crippen molar-refractivity contribution in [2.45, 2.75) is 85.1 Å². The average molecular weight is 405 g/mol. The van der Waals surface area contributed by atoms with E-state index in [1.165, 1.54) is 11.1 Å². The van der Waals surface area contributed by atoms with Gasteiger partial charge in [0, 0.05) is 18.9 Å². The van der Waals surface area contributed by atoms with Crippen LogP contribution in [-0.4, -0.2) is 16.4 Å². The third-order valence-electron chi connectivity index (χ3n) is 6.43. The lowest BCUT2D eigenvalue weighted by atomic mass is 9.76. The third kappa shape index (κ3) is 4.86. The molecule has 2 rings (SSSR count). The summed E-state index contributed by atoms with van der Waals surface area (Å²) in [7, 11) is 1.98. The second-order valence-corrected chi connectivity index (χ2v) is 9.45. The number of benzene rings is 1. The number of aromatic amines is 1. The molecule has 0 aliphatic heterocycles. The molecule has 156 valence electrons. The van der Waals surface area contributed by atoms with E-state index in [9.17, 15) is 0 Å². The minimum absolute atomic E-state index is 0.0860. The molecule has 1 N–H and O–H groups in total. The summed E-state index contributed by atoms with van der Waals surface area (Å²) < 4.78 is 11.1. The number of nitrogens with one attached hydrogen (secondary N) is 1. The van der Waals surface area contributed by atoms with Crippen LogP contribution in [0.15, 0.2) is 18.2 Å². The zero-order valence-corrected chi connectivity index (χ0v) is 19.8. The maximum atomic E-state index is 6.27. The highest BCUT2D eigenvalue weighted by Crippen LogP contribution is 2.38. The van der Waals surface area contributed by atoms with E-state index < -0.39 is 0 Å². The molecule has 0 amide bonds. The van der Waals surface area contributed by atoms with Crippen molar-refractivity contribution in [1.29, 1.82) is 0 Å². The summed E-state index contributed by atoms with van der Waals surface area (Å²) in [5.41, 5.74) is 2.97. The van der Waals surface area contributed by atoms with Gasteiger partial charge in [-0.3, -0.25) is 0 Å². The van der Waals surface area contributed by atoms with Crippen molar-refractivity contribution in [2.75, 3.05) is 6.61 Å². The lowest BCUT2D eigenvalue weighted by Gasteiger charge is -2.30. The van der Waals surface area contributed by atoms with Gasteiger partial charge in [0.15, 0.2) is 0 Å². The monoisotopic (exact) mass is 404 g/mol. The Morgan fingerprint density at radius 3 is 2.29 bits per heavy atom. The molecule has 0 aliphatic carbocycles. The summed E-state index contributed by atoms with van der Waals surface area (Å²) in [6.45, 7) is 17.3. The van der Waals surface area contributed by atoms with Gasteiger partial charge in [0.25, 0.3) is 0 Å². The Hall–Kier alpha value is -1.62. The van der Waals surface area contributed by atoms with E-state index in [2.05, 4.69) is 76.3 Å². The number of H-pyrrole nitrogens is 1. The van der Waals surface area contributed by atoms with E-state index in [1.54, 1.807) is 0 Å². The fraction of sp³-hybridized carbons (Fsp3) is 0.652. The lowest BCUT2D eigenvalue weighted by molar-refractivity contribution is -0.710. The molecule has 28 heavy (non-hydrogen) atoms. The molecule has 0 fully saturated rings. The molecule has 2 aromatic rings. The average Bonchev–Trinajstić information content (AvgIpc) is 2.90. The maximum Gasteiger partial charge on any atom is 0.323 e. The zero-order valence-electron chi connectivity index (χ0n) is 19.0. The highest BCUT2D eigenvalue weighted by molar-refractivity contribution is 7.71. The number of hydrogen-bond donors (Lipinski definition) is 1. The van der Waals surface area contributed by atoms with E-state index in [0.717, 1.165) is 42.2 Å². The first-order valence-electron chi connectivity index (χ1n) is 10.5. The van der Waals surface area contributed by atoms with E-state index in [-0.39, 0.29) is 10.8 Å². The highest BCUT2D eigenvalue weighted by Gasteiger charge is 2.26. The molecule has 0 saturated carbocycles. The van der Waals surface area contributed by atoms with Gasteiger partial charge in [0.2, 0.25) is 5.82 Å². The van der Waals surface area contributed by atoms with Crippen LogP contribution in [0.3, 0.4) is 0 Å². The Kier molecular flexibility index (Phi) is 7.13. The van der Waals surface area contributed by atoms with Gasteiger partial charge in [-0.1, -0.05) is 53.7 Å². The molecule has 0 radical (unpaired) electrons. The van der Waals surface area contributed by atoms with Crippen LogP contribution in [0.5, 0.6) is 5.75 Å². The second kappa shape index (κ2) is 8.81. The van der Waals surface area contributed by atoms with Crippen molar-refractivity contribution in [1.82, 2.24) is 9.78 Å². The molecule has 0 unspecified atom stereocenters. The molecular formula is C23H38N3OS+. The first kappa shape index (κ1) is 22.7. The molecule has 1 heterocycles. The summed E-state index contributed by atoms with van der Waals surface area (Å²) in [6, 6.07) is 6.78. The van der Waals surface area contributed by atoms with Crippen LogP contribution in [0.4, 0.5) is 0 Å². The van der Waals surface area contributed by atoms with Crippen LogP contribution in [0.25, 0.3) is 0 Å². The largest absolute Gasteiger partial charge is 0.493 e. The number of rotatable bonds is 9. The van der Waals surface area contributed by atoms with Crippen molar-refractivity contribution in [3.05, 3.63) is 39.9 Å². The molecule has 0 saturated heterocycles. The molecule has 4 nitrogen and oxygen atoms in total. The Labute approximate surface area is 175 Å². The third-order valence-corrected chi connectivity index (χ3v) is 6.74. The number of hydrogen-bond acceptors (Lipinski definition) is 2. The van der Waals surface area contributed by atoms with E-state index in [1.807, 2.05) is 11.7 Å². The molecule has 0 atom stereocenters. The van der Waals surface area contributed by atoms with Crippen molar-refractivity contribution >= 4 is 12.2 Å². The van der Waals surface area contributed by atoms with Crippen LogP contribution in [-0.2, 0) is 24.4 Å². The molecule has 0 spiro atoms. The molecule has 0 bridgehead atoms. The summed E-state index contributed by atoms with van der Waals surface area (Å²) in [5.74, 6) is 2.14. The second-order valence-electron chi connectivity index (χ2n) is 9.06. The first-order valence-corrected chi connectivity index (χ1v) is 10.9. The Balaban J connectivity index is 2.17. The van der Waals surface area contributed by atoms with Crippen molar-refractivity contribution < 1.29 is 9.30 Å². The summed E-state index contributed by atoms with van der Waals surface area (Å²) in [6.07, 6.45) is 3.11. The highest BCUT2D eigenvalue weighted by atomic mass is 32.1. The standard InChI is InChI=1S/C23H37N3OS/c1-9-22(4,5)18-12-13-20(19(16-18)23(6,7)10-2)27-15-11-14-26-17(3)25(8)24-21(26)28/h12-13,16H,9-11,14-15H2,1-8H3/p+1. The summed E-state index contributed by atoms with van der Waals surface area (Å²) in [4.78, 5) is 0. The van der Waals surface area contributed by atoms with Crippen molar-refractivity contribution in [3.63, 3.8) is 0 Å². The van der Waals surface area contributed by atoms with Gasteiger partial charge in [-0.2, -0.15) is 4.68 Å². The smallest absolute Gasteiger partial charge is 0.323 e. The van der Waals surface area contributed by atoms with Crippen LogP contribution in [0, 0.1) is 11.7 Å². The molecular weight excluding hydrogens is 366 g/mol. The van der Waals surface area contributed by atoms with Gasteiger partial charge in [0.1, 0.15) is 5.75 Å². The number of nitrogens with zero attached hydrogens (tertiary/aromatic N) is 2. The maximum absolute atomic E-state index is 6.27. The Morgan fingerprint density at radius 1 is 1.11 bits per heavy atom. The predicted octanol–water partition coefficient (Wildman–Crippen LogP) is 5.52. The molecule has 5 heteroatoms. The first-order chi connectivity index (χ1) is 13.0. The fourth-order valence-electron chi connectivity index (χ4n) is 3.28. The van der Waals surface area contributed by atoms with Gasteiger partial charge in [0.05, 0.1) is 20.2 Å². The van der Waals surface area contributed by atoms with Gasteiger partial charge >= 0.3 is 4.77 Å². The van der Waals surface area contributed by atoms with Crippen LogP contribution >= 0.6 is 12.2 Å². The van der Waals surface area contributed by atoms with Gasteiger partial charge in [-0.05, 0) is 47.5 Å². The van der Waals surface area contributed by atoms with Gasteiger partial charge in [-0.15, -0.1) is 5.10 Å². The van der Waals surface area contributed by atoms with Crippen LogP contribution in [0.2, 0.25) is 0 Å². The Morgan fingerprint density at radius 2 is 1.75 bits per heavy atom. The number of ether oxygens (including phenoxy) is 1. The van der Waals surface area contributed by atoms with E-state index >= 15 is 0 Å². The lowest BCUT2D eigenvalue weighted by Crippen LogP contribution is -2.37. The fourth-order valence-corrected chi connectivity index (χ4v) is 3.64. The van der Waals surface area contributed by atoms with Crippen molar-refractivity contribution in [2.24, 2.45) is 7.05 Å². The SMILES string of the molecule is CCC(C)(C)c1ccc(OCCC[n+]2c(C)n(C)[nH]c2=S)c(C(C)(C)CC)c1. The quantitative estimate of drug-likeness (QED) is 0.339. The van der Waals surface area contributed by atoms with E-state index in [0.29, 0.717) is 6.61 Å². The predicted molar refractivity (Wildman–Crippen MR) is 119 cm³/mol. The molecule has 0 aliphatic rings. The van der Waals surface area contributed by atoms with Crippen molar-refractivity contribution in [3.8, 4) is 5.75 Å². The summed E-state index contributed by atoms with van der Waals surface area (Å²) >= 11 is 5.40. The van der Waals surface area contributed by atoms with Crippen LogP contribution < -0.4 is 9.30 Å². The van der Waals surface area contributed by atoms with Gasteiger partial charge in [-0.25, -0.2) is 4.57 Å². The summed E-state index contributed by atoms with van der Waals surface area (Å²) in [5, 5.41) is 3.15. The molecule has 1 aromatic carbocycles. The van der Waals surface area contributed by atoms with E-state index in [4.69, 9.17) is 17.0 Å². The van der Waals surface area contributed by atoms with Crippen LogP contribution in [0.1, 0.15) is 77.8 Å². The molecule has 1 aromatic heterocycles. The topological polar surface area (TPSA) is 33.8 Å². The minimum Gasteiger partial charge on any atom is -0.493 e. The van der Waals surface area contributed by atoms with Gasteiger partial charge < -0.3 is 4.74 Å².